The molecule has 4 rings (SSSR count). The molecule has 4 aromatic rings. The minimum atomic E-state index is -4.85. The predicted molar refractivity (Wildman–Crippen MR) is 164 cm³/mol. The fraction of sp³-hybridized carbons (Fsp3) is 0.242. The molecule has 46 heavy (non-hydrogen) atoms. The highest BCUT2D eigenvalue weighted by Crippen LogP contribution is 2.32. The molecule has 1 aromatic heterocycles. The molecule has 0 fully saturated rings. The zero-order valence-electron chi connectivity index (χ0n) is 25.6. The van der Waals surface area contributed by atoms with Crippen LogP contribution >= 0.6 is 0 Å². The van der Waals surface area contributed by atoms with Crippen molar-refractivity contribution in [3.05, 3.63) is 116 Å². The molecule has 0 spiro atoms. The number of alkyl halides is 3. The van der Waals surface area contributed by atoms with E-state index in [-0.39, 0.29) is 39.7 Å². The number of aryl methyl sites for hydroxylation is 1. The van der Waals surface area contributed by atoms with Gasteiger partial charge in [-0.05, 0) is 86.6 Å². The Balaban J connectivity index is 1.93. The second kappa shape index (κ2) is 13.4. The summed E-state index contributed by atoms with van der Waals surface area (Å²) in [4.78, 5) is 58.2. The van der Waals surface area contributed by atoms with Crippen LogP contribution in [0.3, 0.4) is 0 Å². The number of benzene rings is 3. The van der Waals surface area contributed by atoms with Crippen LogP contribution in [0, 0.1) is 12.7 Å². The van der Waals surface area contributed by atoms with Crippen molar-refractivity contribution in [3.63, 3.8) is 0 Å². The minimum absolute atomic E-state index is 0.0133. The van der Waals surface area contributed by atoms with Crippen LogP contribution in [0.1, 0.15) is 49.9 Å². The SMILES string of the molecule is CNC(C)C(=O)Nc1cnc(-c2cc(C(=O)N(C)C)ccc2C)n(Cc2cc(C(=O)c3ccc(F)cc3)cc(C(F)(F)F)c2)c1=O. The first-order valence-electron chi connectivity index (χ1n) is 14.0. The van der Waals surface area contributed by atoms with E-state index in [1.807, 2.05) is 0 Å². The summed E-state index contributed by atoms with van der Waals surface area (Å²) in [5.41, 5.74) is -1.37. The summed E-state index contributed by atoms with van der Waals surface area (Å²) in [6.45, 7) is 2.78. The lowest BCUT2D eigenvalue weighted by Gasteiger charge is -2.19. The van der Waals surface area contributed by atoms with Gasteiger partial charge in [-0.3, -0.25) is 23.7 Å². The minimum Gasteiger partial charge on any atom is -0.345 e. The van der Waals surface area contributed by atoms with Gasteiger partial charge in [-0.15, -0.1) is 0 Å². The van der Waals surface area contributed by atoms with E-state index in [0.717, 1.165) is 41.1 Å². The smallest absolute Gasteiger partial charge is 0.345 e. The normalized spacial score (nSPS) is 12.0. The first kappa shape index (κ1) is 33.7. The highest BCUT2D eigenvalue weighted by atomic mass is 19.4. The van der Waals surface area contributed by atoms with Gasteiger partial charge >= 0.3 is 6.18 Å². The molecule has 0 bridgehead atoms. The van der Waals surface area contributed by atoms with Crippen LogP contribution in [0.5, 0.6) is 0 Å². The van der Waals surface area contributed by atoms with Gasteiger partial charge in [0, 0.05) is 36.3 Å². The molecular formula is C33H31F4N5O4. The maximum Gasteiger partial charge on any atom is 0.416 e. The van der Waals surface area contributed by atoms with Crippen molar-refractivity contribution in [3.8, 4) is 11.4 Å². The zero-order valence-corrected chi connectivity index (χ0v) is 25.6. The van der Waals surface area contributed by atoms with E-state index in [0.29, 0.717) is 17.2 Å². The zero-order chi connectivity index (χ0) is 33.9. The molecule has 0 radical (unpaired) electrons. The summed E-state index contributed by atoms with van der Waals surface area (Å²) in [5, 5.41) is 5.24. The van der Waals surface area contributed by atoms with Gasteiger partial charge in [0.2, 0.25) is 5.91 Å². The van der Waals surface area contributed by atoms with Crippen molar-refractivity contribution in [2.24, 2.45) is 0 Å². The van der Waals surface area contributed by atoms with Gasteiger partial charge in [-0.25, -0.2) is 9.37 Å². The summed E-state index contributed by atoms with van der Waals surface area (Å²) in [6.07, 6.45) is -3.71. The lowest BCUT2D eigenvalue weighted by Crippen LogP contribution is -2.38. The van der Waals surface area contributed by atoms with Crippen LogP contribution in [-0.4, -0.2) is 59.2 Å². The van der Waals surface area contributed by atoms with Crippen molar-refractivity contribution in [2.45, 2.75) is 32.6 Å². The van der Waals surface area contributed by atoms with Gasteiger partial charge in [0.1, 0.15) is 17.3 Å². The number of ketones is 1. The lowest BCUT2D eigenvalue weighted by atomic mass is 9.98. The fourth-order valence-corrected chi connectivity index (χ4v) is 4.59. The molecule has 0 aliphatic carbocycles. The van der Waals surface area contributed by atoms with Crippen LogP contribution in [-0.2, 0) is 17.5 Å². The van der Waals surface area contributed by atoms with Crippen molar-refractivity contribution >= 4 is 23.3 Å². The quantitative estimate of drug-likeness (QED) is 0.199. The second-order valence-electron chi connectivity index (χ2n) is 10.9. The van der Waals surface area contributed by atoms with E-state index < -0.39 is 47.4 Å². The van der Waals surface area contributed by atoms with Crippen molar-refractivity contribution in [2.75, 3.05) is 26.5 Å². The number of halogens is 4. The number of carbonyl (C=O) groups is 3. The molecular weight excluding hydrogens is 606 g/mol. The maximum atomic E-state index is 14.1. The number of nitrogens with zero attached hydrogens (tertiary/aromatic N) is 3. The van der Waals surface area contributed by atoms with Gasteiger partial charge in [0.05, 0.1) is 24.3 Å². The largest absolute Gasteiger partial charge is 0.416 e. The summed E-state index contributed by atoms with van der Waals surface area (Å²) < 4.78 is 56.7. The van der Waals surface area contributed by atoms with Crippen molar-refractivity contribution < 1.29 is 31.9 Å². The molecule has 2 amide bonds. The Morgan fingerprint density at radius 3 is 2.22 bits per heavy atom. The van der Waals surface area contributed by atoms with Gasteiger partial charge in [-0.2, -0.15) is 13.2 Å². The summed E-state index contributed by atoms with van der Waals surface area (Å²) in [6, 6.07) is 11.1. The number of rotatable bonds is 9. The fourth-order valence-electron chi connectivity index (χ4n) is 4.59. The van der Waals surface area contributed by atoms with Crippen LogP contribution in [0.25, 0.3) is 11.4 Å². The Bertz CT molecular complexity index is 1870. The average Bonchev–Trinajstić information content (AvgIpc) is 3.02. The number of nitrogens with one attached hydrogen (secondary N) is 2. The molecule has 1 atom stereocenters. The molecule has 240 valence electrons. The van der Waals surface area contributed by atoms with Crippen molar-refractivity contribution in [1.82, 2.24) is 19.8 Å². The molecule has 0 aliphatic rings. The molecule has 0 saturated carbocycles. The average molecular weight is 638 g/mol. The Morgan fingerprint density at radius 2 is 1.61 bits per heavy atom. The van der Waals surface area contributed by atoms with E-state index in [4.69, 9.17) is 0 Å². The molecule has 9 nitrogen and oxygen atoms in total. The number of anilines is 1. The molecule has 1 heterocycles. The van der Waals surface area contributed by atoms with Gasteiger partial charge < -0.3 is 15.5 Å². The number of likely N-dealkylation sites (N-methyl/N-ethyl adjacent to an activating group) is 1. The van der Waals surface area contributed by atoms with E-state index in [9.17, 15) is 36.7 Å². The number of amides is 2. The summed E-state index contributed by atoms with van der Waals surface area (Å²) in [5.74, 6) is -2.28. The first-order chi connectivity index (χ1) is 21.6. The van der Waals surface area contributed by atoms with Crippen LogP contribution in [0.4, 0.5) is 23.2 Å². The molecule has 13 heteroatoms. The van der Waals surface area contributed by atoms with Gasteiger partial charge in [0.25, 0.3) is 11.5 Å². The Hall–Kier alpha value is -5.17. The third-order valence-electron chi connectivity index (χ3n) is 7.29. The molecule has 0 saturated heterocycles. The first-order valence-corrected chi connectivity index (χ1v) is 14.0. The lowest BCUT2D eigenvalue weighted by molar-refractivity contribution is -0.137. The highest BCUT2D eigenvalue weighted by Gasteiger charge is 2.32. The maximum absolute atomic E-state index is 14.1. The third-order valence-corrected chi connectivity index (χ3v) is 7.29. The third kappa shape index (κ3) is 7.37. The molecule has 3 aromatic carbocycles. The monoisotopic (exact) mass is 637 g/mol. The van der Waals surface area contributed by atoms with Crippen LogP contribution in [0.2, 0.25) is 0 Å². The summed E-state index contributed by atoms with van der Waals surface area (Å²) >= 11 is 0. The van der Waals surface area contributed by atoms with E-state index in [1.165, 1.54) is 17.0 Å². The highest BCUT2D eigenvalue weighted by molar-refractivity contribution is 6.09. The van der Waals surface area contributed by atoms with E-state index >= 15 is 0 Å². The number of aromatic nitrogens is 2. The molecule has 0 aliphatic heterocycles. The van der Waals surface area contributed by atoms with Crippen molar-refractivity contribution in [1.29, 1.82) is 0 Å². The van der Waals surface area contributed by atoms with E-state index in [2.05, 4.69) is 15.6 Å². The van der Waals surface area contributed by atoms with Crippen LogP contribution in [0.15, 0.2) is 71.7 Å². The molecule has 2 N–H and O–H groups in total. The Morgan fingerprint density at radius 1 is 0.957 bits per heavy atom. The standard InChI is InChI=1S/C33H31F4N5O4/c1-18-6-7-22(31(45)41(4)5)15-26(18)29-39-16-27(40-30(44)19(2)38-3)32(46)42(29)17-20-12-23(14-24(13-20)33(35,36)37)28(43)21-8-10-25(34)11-9-21/h6-16,19,38H,17H2,1-5H3,(H,40,44). The number of carbonyl (C=O) groups excluding carboxylic acids is 3. The Kier molecular flexibility index (Phi) is 9.86. The number of hydrogen-bond acceptors (Lipinski definition) is 6. The van der Waals surface area contributed by atoms with E-state index in [1.54, 1.807) is 47.1 Å². The topological polar surface area (TPSA) is 113 Å². The van der Waals surface area contributed by atoms with Gasteiger partial charge in [0.15, 0.2) is 5.78 Å². The summed E-state index contributed by atoms with van der Waals surface area (Å²) in [7, 11) is 4.68. The molecule has 1 unspecified atom stereocenters. The van der Waals surface area contributed by atoms with Gasteiger partial charge in [-0.1, -0.05) is 6.07 Å². The van der Waals surface area contributed by atoms with Crippen LogP contribution < -0.4 is 16.2 Å². The second-order valence-corrected chi connectivity index (χ2v) is 10.9. The number of hydrogen-bond donors (Lipinski definition) is 2. The predicted octanol–water partition coefficient (Wildman–Crippen LogP) is 4.90. The Labute approximate surface area is 261 Å².